The summed E-state index contributed by atoms with van der Waals surface area (Å²) in [5.74, 6) is -15.9. The summed E-state index contributed by atoms with van der Waals surface area (Å²) in [5.41, 5.74) is 11.6. The molecule has 796 valence electrons. The zero-order chi connectivity index (χ0) is 109. The van der Waals surface area contributed by atoms with E-state index in [9.17, 15) is 91.7 Å². The minimum absolute atomic E-state index is 0.00348. The van der Waals surface area contributed by atoms with Gasteiger partial charge in [-0.15, -0.1) is 0 Å². The maximum Gasteiger partial charge on any atom is 0.326 e. The number of esters is 12. The van der Waals surface area contributed by atoms with Crippen LogP contribution in [-0.4, -0.2) is 281 Å². The van der Waals surface area contributed by atoms with E-state index >= 15 is 0 Å². The molecule has 0 spiro atoms. The molecule has 3 aromatic heterocycles. The lowest BCUT2D eigenvalue weighted by Crippen LogP contribution is -2.63. The Morgan fingerprint density at radius 3 is 1.05 bits per heavy atom. The van der Waals surface area contributed by atoms with Gasteiger partial charge in [0.25, 0.3) is 0 Å². The van der Waals surface area contributed by atoms with Crippen LogP contribution in [0.2, 0.25) is 0 Å². The number of ether oxygens (including phenoxy) is 19. The van der Waals surface area contributed by atoms with Gasteiger partial charge in [0, 0.05) is 146 Å². The van der Waals surface area contributed by atoms with Gasteiger partial charge in [0.15, 0.2) is 42.6 Å². The van der Waals surface area contributed by atoms with Gasteiger partial charge in [-0.05, 0) is 127 Å². The number of hydrogen-bond donors (Lipinski definition) is 10. The number of hydrogen-bond acceptors (Lipinski definition) is 39. The first-order valence-electron chi connectivity index (χ1n) is 46.9. The van der Waals surface area contributed by atoms with Crippen molar-refractivity contribution < 1.29 is 182 Å². The van der Waals surface area contributed by atoms with Crippen LogP contribution >= 0.6 is 0 Å². The van der Waals surface area contributed by atoms with Crippen LogP contribution in [0.4, 0.5) is 0 Å². The molecule has 8 bridgehead atoms. The van der Waals surface area contributed by atoms with Crippen molar-refractivity contribution in [2.45, 2.75) is 219 Å². The predicted octanol–water partition coefficient (Wildman–Crippen LogP) is 6.78. The number of nitrogens with one attached hydrogen (secondary N) is 7. The third kappa shape index (κ3) is 30.3. The Hall–Kier alpha value is -17.2. The molecule has 4 aromatic carbocycles. The van der Waals surface area contributed by atoms with Crippen molar-refractivity contribution in [3.63, 3.8) is 0 Å². The lowest BCUT2D eigenvalue weighted by Gasteiger charge is -2.43. The zero-order valence-electron chi connectivity index (χ0n) is 83.0. The molecule has 0 saturated carbocycles. The summed E-state index contributed by atoms with van der Waals surface area (Å²) < 4.78 is 112. The highest BCUT2D eigenvalue weighted by Gasteiger charge is 2.57. The quantitative estimate of drug-likeness (QED) is 0.00619. The van der Waals surface area contributed by atoms with E-state index in [2.05, 4.69) is 25.9 Å². The molecular weight excluding hydrogens is 1970 g/mol. The average Bonchev–Trinajstić information content (AvgIpc) is 1.72. The first-order valence-corrected chi connectivity index (χ1v) is 46.9. The van der Waals surface area contributed by atoms with E-state index in [1.54, 1.807) is 109 Å². The van der Waals surface area contributed by atoms with Crippen molar-refractivity contribution in [2.75, 3.05) is 39.5 Å². The second kappa shape index (κ2) is 51.2. The number of aromatic amines is 2. The van der Waals surface area contributed by atoms with E-state index in [0.717, 1.165) is 83.1 Å². The number of carbonyl (C=O) groups excluding carboxylic acids is 15. The first-order chi connectivity index (χ1) is 71.4. The summed E-state index contributed by atoms with van der Waals surface area (Å²) in [7, 11) is 0. The molecule has 7 aromatic rings. The van der Waals surface area contributed by atoms with Crippen LogP contribution in [0.15, 0.2) is 121 Å². The van der Waals surface area contributed by atoms with Crippen LogP contribution in [0, 0.1) is 5.41 Å². The maximum atomic E-state index is 14.0. The Labute approximate surface area is 854 Å². The average molecular weight is 2080 g/mol. The molecule has 150 heavy (non-hydrogen) atoms. The highest BCUT2D eigenvalue weighted by atomic mass is 16.8. The molecular formula is C102H110N10O38. The zero-order valence-corrected chi connectivity index (χ0v) is 83.0. The number of nitrogens with two attached hydrogens (primary N) is 1. The third-order valence-corrected chi connectivity index (χ3v) is 22.8. The fourth-order valence-corrected chi connectivity index (χ4v) is 16.9. The lowest BCUT2D eigenvalue weighted by atomic mass is 9.98. The topological polar surface area (TPSA) is 661 Å². The largest absolute Gasteiger partial charge is 0.493 e. The van der Waals surface area contributed by atoms with Gasteiger partial charge in [-0.1, -0.05) is 54.6 Å². The fourth-order valence-electron chi connectivity index (χ4n) is 16.9. The molecule has 5 aliphatic heterocycles. The van der Waals surface area contributed by atoms with Crippen molar-refractivity contribution in [3.05, 3.63) is 144 Å². The van der Waals surface area contributed by atoms with Crippen molar-refractivity contribution >= 4 is 154 Å². The Morgan fingerprint density at radius 1 is 0.387 bits per heavy atom. The molecule has 2 unspecified atom stereocenters. The molecule has 48 nitrogen and oxygen atoms in total. The molecule has 8 heterocycles. The number of carboxylic acids is 2. The van der Waals surface area contributed by atoms with E-state index in [1.165, 1.54) is 36.4 Å². The summed E-state index contributed by atoms with van der Waals surface area (Å²) in [5, 5.41) is 36.0. The fraction of sp³-hybridized carbons (Fsp3) is 0.392. The summed E-state index contributed by atoms with van der Waals surface area (Å²) >= 11 is 0. The van der Waals surface area contributed by atoms with Gasteiger partial charge in [-0.25, -0.2) is 14.8 Å². The number of guanidine groups is 1. The second-order valence-electron chi connectivity index (χ2n) is 34.5. The van der Waals surface area contributed by atoms with Gasteiger partial charge in [0.2, 0.25) is 54.9 Å². The Balaban J connectivity index is 1.03. The third-order valence-electron chi connectivity index (χ3n) is 22.8. The van der Waals surface area contributed by atoms with E-state index in [-0.39, 0.29) is 67.8 Å². The van der Waals surface area contributed by atoms with Gasteiger partial charge >= 0.3 is 83.6 Å². The van der Waals surface area contributed by atoms with Crippen LogP contribution in [0.1, 0.15) is 138 Å². The monoisotopic (exact) mass is 2080 g/mol. The van der Waals surface area contributed by atoms with Gasteiger partial charge in [-0.2, -0.15) is 0 Å². The maximum absolute atomic E-state index is 14.0. The van der Waals surface area contributed by atoms with Gasteiger partial charge in [-0.3, -0.25) is 82.1 Å². The molecule has 3 saturated heterocycles. The minimum Gasteiger partial charge on any atom is -0.493 e. The van der Waals surface area contributed by atoms with Crippen LogP contribution in [-0.2, 0) is 153 Å². The number of para-hydroxylation sites is 1. The second-order valence-corrected chi connectivity index (χ2v) is 34.5. The number of benzene rings is 4. The van der Waals surface area contributed by atoms with E-state index in [1.807, 2.05) is 5.32 Å². The Kier molecular flexibility index (Phi) is 38.1. The number of fused-ring (bicyclic) bond motifs is 8. The molecule has 3 fully saturated rings. The summed E-state index contributed by atoms with van der Waals surface area (Å²) in [4.78, 5) is 235. The van der Waals surface area contributed by atoms with Crippen molar-refractivity contribution in [2.24, 2.45) is 5.73 Å². The van der Waals surface area contributed by atoms with Crippen LogP contribution in [0.25, 0.3) is 90.9 Å². The smallest absolute Gasteiger partial charge is 0.326 e. The highest BCUT2D eigenvalue weighted by Crippen LogP contribution is 2.44. The van der Waals surface area contributed by atoms with E-state index < -0.39 is 238 Å². The Morgan fingerprint density at radius 2 is 0.713 bits per heavy atom. The Bertz CT molecular complexity index is 6380. The number of carboxylic acid groups (broad SMARTS) is 2. The number of carbonyl (C=O) groups is 17. The summed E-state index contributed by atoms with van der Waals surface area (Å²) in [6.07, 6.45) is -17.6. The molecule has 0 aliphatic carbocycles. The van der Waals surface area contributed by atoms with Crippen molar-refractivity contribution in [3.8, 4) is 67.5 Å². The summed E-state index contributed by atoms with van der Waals surface area (Å²) in [6.45, 7) is 10.4. The normalized spacial score (nSPS) is 20.7. The molecule has 48 heteroatoms. The van der Waals surface area contributed by atoms with Crippen molar-refractivity contribution in [1.82, 2.24) is 41.2 Å². The predicted molar refractivity (Wildman–Crippen MR) is 519 cm³/mol. The highest BCUT2D eigenvalue weighted by molar-refractivity contribution is 6.01. The van der Waals surface area contributed by atoms with Gasteiger partial charge in [0.1, 0.15) is 73.2 Å². The van der Waals surface area contributed by atoms with E-state index in [0.29, 0.717) is 89.4 Å². The van der Waals surface area contributed by atoms with Gasteiger partial charge < -0.3 is 137 Å². The minimum atomic E-state index is -1.83. The number of aliphatic carboxylic acids is 2. The number of nitrogens with zero attached hydrogens (tertiary/aromatic N) is 2. The van der Waals surface area contributed by atoms with Crippen molar-refractivity contribution in [1.29, 1.82) is 5.41 Å². The summed E-state index contributed by atoms with van der Waals surface area (Å²) in [6, 6.07) is 30.1. The number of H-pyrrole nitrogens is 2. The van der Waals surface area contributed by atoms with E-state index in [4.69, 9.17) is 111 Å². The molecule has 11 N–H and O–H groups in total. The molecule has 3 amide bonds. The standard InChI is InChI=1S/C102H110N10O38/c1-48(113)133-45-78-88(136-51(4)116)91(139-54(7)119)94(142-57(10)122)99(148-78)145-63-27-21-60(22-28-63)84-67-33-35-69(107-67)85(61-23-29-64(30-24-61)146-100-95(143-58(11)123)92(140-55(8)120)89(137-52(5)117)79(149-100)46-134-49(2)114)71-37-39-73(109-71)87(66-17-13-14-19-77(66)132-42-16-20-81(125)111-75(18-15-41-105-102(103)104)97(129)106-44-82(126)112-76(98(130)131)43-83(127)128)74-40-38-72(110-74)86(70-36-34-68(84)108-70)62-25-31-65(32-26-62)147-101-96(144-59(12)124)93(141-56(9)121)90(138-53(6)118)80(150-101)47-135-50(3)115/h13-14,17,19,21-40,75-76,78-80,88-96,99-101,107,110H,15-16,18,20,41-47H2,1-12H3,(H,106,129)(H,111,125)(H,112,126)(H,127,128)(H,130,131)(H4,103,104,105)/t75?,76?,78-,79-,80-,88-,89-,90-,91+,92+,93+,94-,95-,96-,99-,100-,101-/m1/s1. The number of rotatable bonds is 42. The molecule has 17 atom stereocenters. The van der Waals surface area contributed by atoms with Crippen LogP contribution in [0.5, 0.6) is 23.0 Å². The lowest BCUT2D eigenvalue weighted by molar-refractivity contribution is -0.288. The first kappa shape index (κ1) is 112. The van der Waals surface area contributed by atoms with Crippen LogP contribution < -0.4 is 45.9 Å². The molecule has 5 aliphatic rings. The SMILES string of the molecule is CC(=O)OC[C@H]1O[C@@H](Oc2ccc(-c3c4nc(c(-c5ccc(O[C@@H]6O[C@H](COC(C)=O)[C@@H](OC(C)=O)[C@H](OC(C)=O)[C@H]6OC(C)=O)cc5)c5ccc([nH]5)c(-c5ccccc5OCCCC(=O)NC(CCCNC(=N)N)C(=O)NCC(=O)NC(CC(=O)O)C(=O)O)c5nc(c(-c6ccc(O[C@@H]7O[C@H](COC(C)=O)[C@@H](OC(C)=O)[C@H](OC(C)=O)[C@H]7OC(C)=O)cc6)c6ccc3[nH]6)C=C5)C=C4)cc2)[C@H](OC(C)=O)[C@@H](OC(C)=O)[C@@H]1OC(C)=O. The molecule has 0 radical (unpaired) electrons. The van der Waals surface area contributed by atoms with Gasteiger partial charge in [0.05, 0.1) is 42.3 Å². The van der Waals surface area contributed by atoms with Crippen LogP contribution in [0.3, 0.4) is 0 Å². The number of amides is 3. The molecule has 12 rings (SSSR count). The number of aromatic nitrogens is 4.